The Labute approximate surface area is 218 Å². The summed E-state index contributed by atoms with van der Waals surface area (Å²) < 4.78 is 6.03. The number of rotatable bonds is 9. The molecule has 206 valence electrons. The van der Waals surface area contributed by atoms with Gasteiger partial charge in [-0.3, -0.25) is 19.3 Å². The average molecular weight is 507 g/mol. The summed E-state index contributed by atoms with van der Waals surface area (Å²) in [5, 5.41) is 3.05. The Bertz CT molecular complexity index is 802. The molecule has 0 aromatic heterocycles. The van der Waals surface area contributed by atoms with E-state index < -0.39 is 6.04 Å². The summed E-state index contributed by atoms with van der Waals surface area (Å²) in [4.78, 5) is 45.0. The highest BCUT2D eigenvalue weighted by atomic mass is 16.5. The molecule has 2 aliphatic heterocycles. The van der Waals surface area contributed by atoms with Gasteiger partial charge in [-0.15, -0.1) is 0 Å². The number of likely N-dealkylation sites (tertiary alicyclic amines) is 2. The molecule has 8 heteroatoms. The third kappa shape index (κ3) is 8.58. The highest BCUT2D eigenvalue weighted by Gasteiger charge is 2.35. The van der Waals surface area contributed by atoms with Crippen LogP contribution in [0.3, 0.4) is 0 Å². The third-order valence-electron chi connectivity index (χ3n) is 7.08. The van der Waals surface area contributed by atoms with Crippen molar-refractivity contribution >= 4 is 17.7 Å². The Morgan fingerprint density at radius 1 is 1.08 bits per heavy atom. The van der Waals surface area contributed by atoms with Crippen LogP contribution in [0.5, 0.6) is 0 Å². The molecule has 0 aromatic carbocycles. The Morgan fingerprint density at radius 3 is 2.33 bits per heavy atom. The van der Waals surface area contributed by atoms with E-state index in [1.165, 1.54) is 0 Å². The average Bonchev–Trinajstić information content (AvgIpc) is 3.25. The van der Waals surface area contributed by atoms with Crippen molar-refractivity contribution in [1.29, 1.82) is 0 Å². The van der Waals surface area contributed by atoms with Crippen molar-refractivity contribution in [3.8, 4) is 0 Å². The Morgan fingerprint density at radius 2 is 1.75 bits per heavy atom. The molecule has 3 atom stereocenters. The second-order valence-corrected chi connectivity index (χ2v) is 12.1. The molecule has 2 fully saturated rings. The summed E-state index contributed by atoms with van der Waals surface area (Å²) in [7, 11) is 1.72. The Kier molecular flexibility index (Phi) is 11.0. The molecule has 1 N–H and O–H groups in total. The zero-order chi connectivity index (χ0) is 27.2. The third-order valence-corrected chi connectivity index (χ3v) is 7.08. The first-order chi connectivity index (χ1) is 16.7. The normalized spacial score (nSPS) is 22.8. The number of carbonyl (C=O) groups excluding carboxylic acids is 3. The molecular formula is C28H50N4O4. The Balaban J connectivity index is 1.96. The molecule has 2 rings (SSSR count). The van der Waals surface area contributed by atoms with Crippen LogP contribution in [0.4, 0.5) is 0 Å². The number of nitrogens with one attached hydrogen (secondary N) is 1. The molecule has 3 unspecified atom stereocenters. The highest BCUT2D eigenvalue weighted by molar-refractivity contribution is 5.93. The van der Waals surface area contributed by atoms with Gasteiger partial charge in [-0.1, -0.05) is 26.3 Å². The van der Waals surface area contributed by atoms with Crippen molar-refractivity contribution in [2.45, 2.75) is 111 Å². The van der Waals surface area contributed by atoms with E-state index in [-0.39, 0.29) is 47.4 Å². The minimum absolute atomic E-state index is 0.0179. The molecule has 8 nitrogen and oxygen atoms in total. The van der Waals surface area contributed by atoms with E-state index >= 15 is 0 Å². The number of ether oxygens (including phenoxy) is 1. The second kappa shape index (κ2) is 13.0. The summed E-state index contributed by atoms with van der Waals surface area (Å²) >= 11 is 0. The number of nitrogens with zero attached hydrogens (tertiary/aromatic N) is 3. The van der Waals surface area contributed by atoms with Gasteiger partial charge in [-0.05, 0) is 73.3 Å². The number of piperidine rings is 1. The van der Waals surface area contributed by atoms with Gasteiger partial charge in [0, 0.05) is 38.3 Å². The summed E-state index contributed by atoms with van der Waals surface area (Å²) in [6.07, 6.45) is 5.64. The minimum atomic E-state index is -0.600. The quantitative estimate of drug-likeness (QED) is 0.486. The van der Waals surface area contributed by atoms with Gasteiger partial charge in [-0.2, -0.15) is 0 Å². The zero-order valence-electron chi connectivity index (χ0n) is 24.1. The second-order valence-electron chi connectivity index (χ2n) is 12.1. The van der Waals surface area contributed by atoms with E-state index in [9.17, 15) is 14.4 Å². The summed E-state index contributed by atoms with van der Waals surface area (Å²) in [6.45, 7) is 18.5. The van der Waals surface area contributed by atoms with E-state index in [0.717, 1.165) is 32.2 Å². The van der Waals surface area contributed by atoms with E-state index in [1.807, 2.05) is 39.5 Å². The van der Waals surface area contributed by atoms with Crippen LogP contribution < -0.4 is 5.32 Å². The molecule has 0 spiro atoms. The van der Waals surface area contributed by atoms with Gasteiger partial charge in [-0.25, -0.2) is 0 Å². The van der Waals surface area contributed by atoms with Crippen molar-refractivity contribution in [3.05, 3.63) is 11.6 Å². The van der Waals surface area contributed by atoms with E-state index in [2.05, 4.69) is 24.1 Å². The van der Waals surface area contributed by atoms with Gasteiger partial charge in [0.2, 0.25) is 17.7 Å². The number of likely N-dealkylation sites (N-methyl/N-ethyl adjacent to an activating group) is 1. The van der Waals surface area contributed by atoms with Crippen LogP contribution in [-0.4, -0.2) is 95.5 Å². The van der Waals surface area contributed by atoms with Crippen LogP contribution in [0.1, 0.15) is 81.1 Å². The van der Waals surface area contributed by atoms with Gasteiger partial charge in [0.05, 0.1) is 17.7 Å². The first-order valence-electron chi connectivity index (χ1n) is 13.7. The lowest BCUT2D eigenvalue weighted by Crippen LogP contribution is -2.57. The molecule has 2 heterocycles. The lowest BCUT2D eigenvalue weighted by molar-refractivity contribution is -0.138. The number of amides is 3. The monoisotopic (exact) mass is 506 g/mol. The van der Waals surface area contributed by atoms with E-state index in [0.29, 0.717) is 25.2 Å². The van der Waals surface area contributed by atoms with Gasteiger partial charge >= 0.3 is 0 Å². The van der Waals surface area contributed by atoms with Gasteiger partial charge in [0.15, 0.2) is 0 Å². The van der Waals surface area contributed by atoms with Gasteiger partial charge in [0.25, 0.3) is 0 Å². The number of hydrogen-bond acceptors (Lipinski definition) is 5. The van der Waals surface area contributed by atoms with Crippen molar-refractivity contribution in [2.75, 3.05) is 33.2 Å². The minimum Gasteiger partial charge on any atom is -0.371 e. The van der Waals surface area contributed by atoms with Crippen molar-refractivity contribution < 1.29 is 19.1 Å². The molecule has 2 saturated heterocycles. The molecule has 0 saturated carbocycles. The topological polar surface area (TPSA) is 82.2 Å². The van der Waals surface area contributed by atoms with Crippen molar-refractivity contribution in [3.63, 3.8) is 0 Å². The van der Waals surface area contributed by atoms with Crippen LogP contribution in [0.25, 0.3) is 0 Å². The number of hydrogen-bond donors (Lipinski definition) is 1. The lowest BCUT2D eigenvalue weighted by atomic mass is 9.97. The maximum Gasteiger partial charge on any atom is 0.249 e. The van der Waals surface area contributed by atoms with E-state index in [1.54, 1.807) is 24.9 Å². The molecule has 3 amide bonds. The van der Waals surface area contributed by atoms with Crippen LogP contribution in [0, 0.1) is 5.92 Å². The van der Waals surface area contributed by atoms with Crippen LogP contribution >= 0.6 is 0 Å². The van der Waals surface area contributed by atoms with E-state index in [4.69, 9.17) is 4.74 Å². The standard InChI is InChI=1S/C28H50N4O4/c1-19(2)24(29-25(33)23-12-10-11-15-32(23)20(3)4)27(35)30(9)16-13-21(5)26(34)31-17-14-22(18-31)36-28(6,7)8/h13,19-20,22-24H,10-12,14-18H2,1-9H3,(H,29,33)/b21-13+. The Hall–Kier alpha value is -1.93. The molecule has 0 aliphatic carbocycles. The largest absolute Gasteiger partial charge is 0.371 e. The molecule has 2 aliphatic rings. The predicted molar refractivity (Wildman–Crippen MR) is 143 cm³/mol. The summed E-state index contributed by atoms with van der Waals surface area (Å²) in [5.41, 5.74) is 0.385. The molecule has 0 radical (unpaired) electrons. The van der Waals surface area contributed by atoms with Gasteiger partial charge in [0.1, 0.15) is 6.04 Å². The fraction of sp³-hybridized carbons (Fsp3) is 0.821. The first kappa shape index (κ1) is 30.3. The fourth-order valence-electron chi connectivity index (χ4n) is 5.06. The van der Waals surface area contributed by atoms with Crippen LogP contribution in [0.2, 0.25) is 0 Å². The fourth-order valence-corrected chi connectivity index (χ4v) is 5.06. The zero-order valence-corrected chi connectivity index (χ0v) is 24.1. The maximum absolute atomic E-state index is 13.3. The van der Waals surface area contributed by atoms with Crippen molar-refractivity contribution in [1.82, 2.24) is 20.0 Å². The molecule has 0 bridgehead atoms. The summed E-state index contributed by atoms with van der Waals surface area (Å²) in [5.74, 6) is -0.264. The summed E-state index contributed by atoms with van der Waals surface area (Å²) in [6, 6.07) is -0.505. The SMILES string of the molecule is C/C(=C\CN(C)C(=O)C(NC(=O)C1CCCCN1C(C)C)C(C)C)C(=O)N1CCC(OC(C)(C)C)C1. The number of carbonyl (C=O) groups is 3. The van der Waals surface area contributed by atoms with Gasteiger partial charge < -0.3 is 19.9 Å². The molecule has 0 aromatic rings. The predicted octanol–water partition coefficient (Wildman–Crippen LogP) is 3.21. The highest BCUT2D eigenvalue weighted by Crippen LogP contribution is 2.22. The lowest BCUT2D eigenvalue weighted by Gasteiger charge is -2.38. The molecular weight excluding hydrogens is 456 g/mol. The first-order valence-corrected chi connectivity index (χ1v) is 13.7. The maximum atomic E-state index is 13.3. The smallest absolute Gasteiger partial charge is 0.249 e. The van der Waals surface area contributed by atoms with Crippen LogP contribution in [-0.2, 0) is 19.1 Å². The van der Waals surface area contributed by atoms with Crippen molar-refractivity contribution in [2.24, 2.45) is 5.92 Å². The molecule has 36 heavy (non-hydrogen) atoms. The van der Waals surface area contributed by atoms with Crippen LogP contribution in [0.15, 0.2) is 11.6 Å².